The first-order valence-corrected chi connectivity index (χ1v) is 7.59. The van der Waals surface area contributed by atoms with E-state index < -0.39 is 21.4 Å². The highest BCUT2D eigenvalue weighted by Crippen LogP contribution is 2.30. The largest absolute Gasteiger partial charge is 0.311 e. The third-order valence-electron chi connectivity index (χ3n) is 2.65. The first kappa shape index (κ1) is 13.8. The van der Waals surface area contributed by atoms with Crippen molar-refractivity contribution in [1.29, 1.82) is 0 Å². The Morgan fingerprint density at radius 1 is 1.39 bits per heavy atom. The lowest BCUT2D eigenvalue weighted by Crippen LogP contribution is -2.26. The van der Waals surface area contributed by atoms with E-state index in [0.29, 0.717) is 15.2 Å². The zero-order valence-corrected chi connectivity index (χ0v) is 12.1. The highest BCUT2D eigenvalue weighted by Gasteiger charge is 2.39. The van der Waals surface area contributed by atoms with Crippen molar-refractivity contribution < 1.29 is 17.1 Å². The second-order valence-corrected chi connectivity index (χ2v) is 6.90. The van der Waals surface area contributed by atoms with Crippen LogP contribution in [0.3, 0.4) is 0 Å². The molecule has 1 aliphatic heterocycles. The highest BCUT2D eigenvalue weighted by molar-refractivity contribution is 9.10. The predicted molar refractivity (Wildman–Crippen MR) is 69.9 cm³/mol. The van der Waals surface area contributed by atoms with Crippen LogP contribution in [0.15, 0.2) is 22.7 Å². The number of rotatable bonds is 2. The molecule has 8 heteroatoms. The maximum atomic E-state index is 12.9. The Morgan fingerprint density at radius 3 is 2.56 bits per heavy atom. The number of hydrogen-bond donors (Lipinski definition) is 0. The molecule has 0 bridgehead atoms. The van der Waals surface area contributed by atoms with Crippen molar-refractivity contribution in [3.05, 3.63) is 27.7 Å². The smallest absolute Gasteiger partial charge is 0.307 e. The van der Waals surface area contributed by atoms with Gasteiger partial charge >= 0.3 is 10.2 Å². The highest BCUT2D eigenvalue weighted by atomic mass is 79.9. The van der Waals surface area contributed by atoms with Crippen LogP contribution in [0.5, 0.6) is 0 Å². The molecule has 1 aliphatic rings. The zero-order chi connectivity index (χ0) is 13.5. The van der Waals surface area contributed by atoms with E-state index in [2.05, 4.69) is 15.9 Å². The lowest BCUT2D eigenvalue weighted by molar-refractivity contribution is -0.117. The molecular weight excluding hydrogens is 349 g/mol. The van der Waals surface area contributed by atoms with Gasteiger partial charge in [-0.3, -0.25) is 4.79 Å². The van der Waals surface area contributed by atoms with E-state index in [1.54, 1.807) is 12.1 Å². The fourth-order valence-electron chi connectivity index (χ4n) is 1.81. The summed E-state index contributed by atoms with van der Waals surface area (Å²) in [6, 6.07) is 4.78. The summed E-state index contributed by atoms with van der Waals surface area (Å²) in [4.78, 5) is 12.9. The molecule has 1 aromatic carbocycles. The molecule has 0 radical (unpaired) electrons. The van der Waals surface area contributed by atoms with Crippen LogP contribution in [0.1, 0.15) is 6.42 Å². The molecule has 1 heterocycles. The number of benzene rings is 1. The summed E-state index contributed by atoms with van der Waals surface area (Å²) in [7, 11) is -4.70. The first-order chi connectivity index (χ1) is 8.27. The van der Waals surface area contributed by atoms with Gasteiger partial charge in [0.25, 0.3) is 0 Å². The summed E-state index contributed by atoms with van der Waals surface area (Å²) in [5.74, 6) is -0.435. The molecule has 0 aliphatic carbocycles. The quantitative estimate of drug-likeness (QED) is 0.765. The van der Waals surface area contributed by atoms with E-state index >= 15 is 0 Å². The maximum absolute atomic E-state index is 12.9. The average Bonchev–Trinajstić information content (AvgIpc) is 2.58. The molecule has 1 atom stereocenters. The summed E-state index contributed by atoms with van der Waals surface area (Å²) < 4.78 is 35.1. The average molecular weight is 357 g/mol. The number of amides is 1. The van der Waals surface area contributed by atoms with Gasteiger partial charge in [0, 0.05) is 28.1 Å². The summed E-state index contributed by atoms with van der Waals surface area (Å²) in [5, 5.41) is -0.901. The normalized spacial score (nSPS) is 20.5. The molecule has 1 aromatic rings. The lowest BCUT2D eigenvalue weighted by atomic mass is 10.3. The third kappa shape index (κ3) is 2.84. The molecule has 1 fully saturated rings. The lowest BCUT2D eigenvalue weighted by Gasteiger charge is -2.16. The van der Waals surface area contributed by atoms with Crippen LogP contribution in [0, 0.1) is 0 Å². The summed E-state index contributed by atoms with van der Waals surface area (Å²) in [6.45, 7) is -0.190. The maximum Gasteiger partial charge on any atom is 0.307 e. The third-order valence-corrected chi connectivity index (χ3v) is 4.43. The van der Waals surface area contributed by atoms with E-state index in [4.69, 9.17) is 11.6 Å². The molecule has 0 saturated carbocycles. The van der Waals surface area contributed by atoms with Gasteiger partial charge in [-0.1, -0.05) is 27.5 Å². The number of carbonyl (C=O) groups is 1. The second-order valence-electron chi connectivity index (χ2n) is 3.93. The first-order valence-electron chi connectivity index (χ1n) is 4.97. The molecule has 1 unspecified atom stereocenters. The number of anilines is 1. The Hall–Kier alpha value is -0.660. The van der Waals surface area contributed by atoms with Crippen LogP contribution >= 0.6 is 27.5 Å². The van der Waals surface area contributed by atoms with Crippen molar-refractivity contribution in [3.63, 3.8) is 0 Å². The minimum absolute atomic E-state index is 0.190. The molecule has 0 spiro atoms. The van der Waals surface area contributed by atoms with Crippen molar-refractivity contribution in [3.8, 4) is 0 Å². The number of hydrogen-bond acceptors (Lipinski definition) is 3. The molecule has 1 saturated heterocycles. The molecule has 4 nitrogen and oxygen atoms in total. The molecule has 0 N–H and O–H groups in total. The van der Waals surface area contributed by atoms with E-state index in [-0.39, 0.29) is 13.0 Å². The Balaban J connectivity index is 2.32. The fraction of sp³-hybridized carbons (Fsp3) is 0.300. The van der Waals surface area contributed by atoms with Crippen LogP contribution in [-0.4, -0.2) is 26.1 Å². The summed E-state index contributed by atoms with van der Waals surface area (Å²) in [6.07, 6.45) is -0.344. The number of carbonyl (C=O) groups excluding carboxylic acids is 1. The van der Waals surface area contributed by atoms with Crippen LogP contribution in [0.2, 0.25) is 5.02 Å². The van der Waals surface area contributed by atoms with E-state index in [1.807, 2.05) is 0 Å². The van der Waals surface area contributed by atoms with Crippen molar-refractivity contribution in [1.82, 2.24) is 0 Å². The van der Waals surface area contributed by atoms with Gasteiger partial charge in [-0.05, 0) is 18.2 Å². The van der Waals surface area contributed by atoms with Crippen molar-refractivity contribution >= 4 is 49.3 Å². The van der Waals surface area contributed by atoms with Crippen molar-refractivity contribution in [2.75, 3.05) is 11.4 Å². The second kappa shape index (κ2) is 4.79. The monoisotopic (exact) mass is 355 g/mol. The standard InChI is InChI=1S/C10H8BrClFNO3S/c11-6-1-7(12)3-8(2-6)14-5-9(4-10(14)15)18(13,16)17/h1-3,9H,4-5H2. The van der Waals surface area contributed by atoms with Gasteiger partial charge in [0.2, 0.25) is 5.91 Å². The van der Waals surface area contributed by atoms with Crippen LogP contribution in [0.25, 0.3) is 0 Å². The number of nitrogens with zero attached hydrogens (tertiary/aromatic N) is 1. The van der Waals surface area contributed by atoms with Crippen molar-refractivity contribution in [2.45, 2.75) is 11.7 Å². The van der Waals surface area contributed by atoms with Gasteiger partial charge in [-0.2, -0.15) is 8.42 Å². The minimum Gasteiger partial charge on any atom is -0.311 e. The Labute approximate surface area is 117 Å². The molecular formula is C10H8BrClFNO3S. The van der Waals surface area contributed by atoms with Crippen molar-refractivity contribution in [2.24, 2.45) is 0 Å². The van der Waals surface area contributed by atoms with Gasteiger partial charge in [-0.25, -0.2) is 0 Å². The summed E-state index contributed by atoms with van der Waals surface area (Å²) in [5.41, 5.74) is 0.450. The predicted octanol–water partition coefficient (Wildman–Crippen LogP) is 2.51. The minimum atomic E-state index is -4.70. The van der Waals surface area contributed by atoms with E-state index in [9.17, 15) is 17.1 Å². The SMILES string of the molecule is O=C1CC(S(=O)(=O)F)CN1c1cc(Cl)cc(Br)c1. The number of halogens is 3. The molecule has 18 heavy (non-hydrogen) atoms. The van der Waals surface area contributed by atoms with E-state index in [1.165, 1.54) is 11.0 Å². The van der Waals surface area contributed by atoms with E-state index in [0.717, 1.165) is 0 Å². The molecule has 1 amide bonds. The summed E-state index contributed by atoms with van der Waals surface area (Å²) >= 11 is 9.06. The topological polar surface area (TPSA) is 54.5 Å². The van der Waals surface area contributed by atoms with Gasteiger partial charge in [-0.15, -0.1) is 3.89 Å². The van der Waals surface area contributed by atoms with Gasteiger partial charge in [0.05, 0.1) is 0 Å². The van der Waals surface area contributed by atoms with Gasteiger partial charge < -0.3 is 4.90 Å². The fourth-order valence-corrected chi connectivity index (χ4v) is 3.32. The van der Waals surface area contributed by atoms with Gasteiger partial charge in [0.1, 0.15) is 5.25 Å². The Bertz CT molecular complexity index is 587. The molecule has 0 aromatic heterocycles. The van der Waals surface area contributed by atoms with Crippen LogP contribution in [-0.2, 0) is 15.0 Å². The molecule has 2 rings (SSSR count). The van der Waals surface area contributed by atoms with Crippen LogP contribution in [0.4, 0.5) is 9.57 Å². The Morgan fingerprint density at radius 2 is 2.06 bits per heavy atom. The Kier molecular flexibility index (Phi) is 3.66. The zero-order valence-electron chi connectivity index (χ0n) is 8.94. The van der Waals surface area contributed by atoms with Gasteiger partial charge in [0.15, 0.2) is 0 Å². The van der Waals surface area contributed by atoms with Crippen LogP contribution < -0.4 is 4.90 Å². The molecule has 98 valence electrons.